The van der Waals surface area contributed by atoms with Gasteiger partial charge in [-0.25, -0.2) is 4.98 Å². The number of aliphatic hydroxyl groups is 1. The summed E-state index contributed by atoms with van der Waals surface area (Å²) in [5, 5.41) is 11.2. The molecule has 2 aliphatic rings. The second-order valence-electron chi connectivity index (χ2n) is 8.16. The average molecular weight is 396 g/mol. The van der Waals surface area contributed by atoms with Crippen molar-refractivity contribution in [3.63, 3.8) is 0 Å². The summed E-state index contributed by atoms with van der Waals surface area (Å²) in [4.78, 5) is 27.5. The zero-order valence-electron chi connectivity index (χ0n) is 17.2. The summed E-state index contributed by atoms with van der Waals surface area (Å²) in [6.45, 7) is 2.73. The summed E-state index contributed by atoms with van der Waals surface area (Å²) >= 11 is 0. The van der Waals surface area contributed by atoms with Crippen LogP contribution in [0.5, 0.6) is 0 Å². The van der Waals surface area contributed by atoms with Crippen molar-refractivity contribution < 1.29 is 9.90 Å². The normalized spacial score (nSPS) is 24.9. The average Bonchev–Trinajstić information content (AvgIpc) is 3.28. The zero-order valence-corrected chi connectivity index (χ0v) is 17.2. The van der Waals surface area contributed by atoms with Crippen molar-refractivity contribution in [3.8, 4) is 0 Å². The number of carbonyl (C=O) groups is 1. The van der Waals surface area contributed by atoms with Gasteiger partial charge in [-0.1, -0.05) is 30.3 Å². The van der Waals surface area contributed by atoms with Crippen molar-refractivity contribution in [1.29, 1.82) is 0 Å². The van der Waals surface area contributed by atoms with E-state index in [1.807, 2.05) is 42.1 Å². The molecule has 0 spiro atoms. The molecule has 7 heteroatoms. The van der Waals surface area contributed by atoms with E-state index in [0.29, 0.717) is 18.1 Å². The highest BCUT2D eigenvalue weighted by molar-refractivity contribution is 5.92. The molecule has 29 heavy (non-hydrogen) atoms. The molecule has 154 valence electrons. The van der Waals surface area contributed by atoms with E-state index in [0.717, 1.165) is 44.5 Å². The van der Waals surface area contributed by atoms with Crippen molar-refractivity contribution in [2.24, 2.45) is 0 Å². The summed E-state index contributed by atoms with van der Waals surface area (Å²) in [7, 11) is 4.03. The van der Waals surface area contributed by atoms with Gasteiger partial charge in [0, 0.05) is 26.2 Å². The maximum atomic E-state index is 12.7. The van der Waals surface area contributed by atoms with E-state index in [2.05, 4.69) is 27.0 Å². The molecule has 3 heterocycles. The molecule has 4 rings (SSSR count). The minimum atomic E-state index is -0.603. The van der Waals surface area contributed by atoms with Gasteiger partial charge in [0.2, 0.25) is 0 Å². The second-order valence-corrected chi connectivity index (χ2v) is 8.16. The van der Waals surface area contributed by atoms with Crippen LogP contribution in [0.25, 0.3) is 0 Å². The third kappa shape index (κ3) is 3.60. The van der Waals surface area contributed by atoms with Gasteiger partial charge in [0.1, 0.15) is 11.5 Å². The Hall–Kier alpha value is -2.51. The van der Waals surface area contributed by atoms with Crippen LogP contribution < -0.4 is 4.90 Å². The smallest absolute Gasteiger partial charge is 0.274 e. The van der Waals surface area contributed by atoms with Gasteiger partial charge in [0.05, 0.1) is 24.0 Å². The van der Waals surface area contributed by atoms with Gasteiger partial charge < -0.3 is 14.9 Å². The summed E-state index contributed by atoms with van der Waals surface area (Å²) in [6.07, 6.45) is 5.45. The first kappa shape index (κ1) is 19.8. The summed E-state index contributed by atoms with van der Waals surface area (Å²) in [5.41, 5.74) is 1.04. The van der Waals surface area contributed by atoms with E-state index in [4.69, 9.17) is 0 Å². The van der Waals surface area contributed by atoms with E-state index in [1.54, 1.807) is 12.4 Å². The van der Waals surface area contributed by atoms with Crippen LogP contribution in [0.15, 0.2) is 42.7 Å². The van der Waals surface area contributed by atoms with Crippen molar-refractivity contribution in [1.82, 2.24) is 19.8 Å². The van der Waals surface area contributed by atoms with Crippen molar-refractivity contribution >= 4 is 11.7 Å². The van der Waals surface area contributed by atoms with E-state index in [9.17, 15) is 9.90 Å². The molecule has 0 unspecified atom stereocenters. The molecule has 2 aromatic rings. The van der Waals surface area contributed by atoms with Crippen LogP contribution in [-0.2, 0) is 5.54 Å². The number of aromatic nitrogens is 2. The van der Waals surface area contributed by atoms with Crippen LogP contribution in [0, 0.1) is 0 Å². The number of likely N-dealkylation sites (N-methyl/N-ethyl adjacent to an activating group) is 1. The topological polar surface area (TPSA) is 72.8 Å². The van der Waals surface area contributed by atoms with Gasteiger partial charge in [-0.2, -0.15) is 0 Å². The highest BCUT2D eigenvalue weighted by Crippen LogP contribution is 2.38. The fourth-order valence-electron chi connectivity index (χ4n) is 4.67. The van der Waals surface area contributed by atoms with Gasteiger partial charge in [-0.05, 0) is 38.9 Å². The molecule has 1 N–H and O–H groups in total. The number of carbonyl (C=O) groups excluding carboxylic acids is 1. The maximum absolute atomic E-state index is 12.7. The third-order valence-corrected chi connectivity index (χ3v) is 6.34. The molecule has 0 aliphatic carbocycles. The Kier molecular flexibility index (Phi) is 5.52. The Morgan fingerprint density at radius 2 is 1.86 bits per heavy atom. The lowest BCUT2D eigenvalue weighted by Crippen LogP contribution is -2.60. The van der Waals surface area contributed by atoms with Gasteiger partial charge in [-0.15, -0.1) is 0 Å². The molecule has 2 saturated heterocycles. The number of benzene rings is 1. The van der Waals surface area contributed by atoms with E-state index in [-0.39, 0.29) is 5.91 Å². The first-order valence-electron chi connectivity index (χ1n) is 10.3. The van der Waals surface area contributed by atoms with Crippen molar-refractivity contribution in [2.75, 3.05) is 45.2 Å². The van der Waals surface area contributed by atoms with E-state index < -0.39 is 11.6 Å². The first-order valence-corrected chi connectivity index (χ1v) is 10.3. The summed E-state index contributed by atoms with van der Waals surface area (Å²) in [6, 6.07) is 10.2. The van der Waals surface area contributed by atoms with Crippen LogP contribution in [-0.4, -0.2) is 77.2 Å². The van der Waals surface area contributed by atoms with Crippen LogP contribution in [0.2, 0.25) is 0 Å². The third-order valence-electron chi connectivity index (χ3n) is 6.34. The van der Waals surface area contributed by atoms with Crippen molar-refractivity contribution in [2.45, 2.75) is 30.9 Å². The molecule has 2 fully saturated rings. The predicted octanol–water partition coefficient (Wildman–Crippen LogP) is 1.74. The lowest BCUT2D eigenvalue weighted by Gasteiger charge is -2.50. The highest BCUT2D eigenvalue weighted by atomic mass is 16.3. The molecular weight excluding hydrogens is 366 g/mol. The number of likely N-dealkylation sites (tertiary alicyclic amines) is 1. The van der Waals surface area contributed by atoms with Gasteiger partial charge >= 0.3 is 0 Å². The Morgan fingerprint density at radius 1 is 1.14 bits per heavy atom. The Balaban J connectivity index is 1.55. The van der Waals surface area contributed by atoms with Crippen LogP contribution in [0.1, 0.15) is 35.3 Å². The standard InChI is InChI=1S/C22H29N5O2/c1-25(2)22(17-8-4-3-5-9-17)10-13-27(16-19(22)28)20-15-23-14-18(24-20)21(29)26-11-6-7-12-26/h3-5,8-9,14-15,19,28H,6-7,10-13,16H2,1-2H3/t19-,22+/m1/s1. The fourth-order valence-corrected chi connectivity index (χ4v) is 4.67. The number of nitrogens with zero attached hydrogens (tertiary/aromatic N) is 5. The molecule has 2 aliphatic heterocycles. The zero-order chi connectivity index (χ0) is 20.4. The van der Waals surface area contributed by atoms with Gasteiger partial charge in [0.25, 0.3) is 5.91 Å². The lowest BCUT2D eigenvalue weighted by molar-refractivity contribution is -0.0247. The summed E-state index contributed by atoms with van der Waals surface area (Å²) in [5.74, 6) is 0.593. The number of hydrogen-bond donors (Lipinski definition) is 1. The predicted molar refractivity (Wildman–Crippen MR) is 112 cm³/mol. The number of piperidine rings is 1. The Bertz CT molecular complexity index is 853. The molecule has 1 aromatic heterocycles. The number of hydrogen-bond acceptors (Lipinski definition) is 6. The minimum Gasteiger partial charge on any atom is -0.389 e. The van der Waals surface area contributed by atoms with Crippen molar-refractivity contribution in [3.05, 3.63) is 54.0 Å². The minimum absolute atomic E-state index is 0.0543. The van der Waals surface area contributed by atoms with Crippen LogP contribution in [0.4, 0.5) is 5.82 Å². The number of anilines is 1. The largest absolute Gasteiger partial charge is 0.389 e. The number of rotatable bonds is 4. The van der Waals surface area contributed by atoms with Crippen LogP contribution in [0.3, 0.4) is 0 Å². The number of β-amino-alcohol motifs (C(OH)–C–C–N with tert-alkyl or cyclic N) is 1. The van der Waals surface area contributed by atoms with E-state index >= 15 is 0 Å². The monoisotopic (exact) mass is 395 g/mol. The van der Waals surface area contributed by atoms with Crippen LogP contribution >= 0.6 is 0 Å². The Labute approximate surface area is 172 Å². The second kappa shape index (κ2) is 8.08. The molecule has 0 bridgehead atoms. The Morgan fingerprint density at radius 3 is 2.52 bits per heavy atom. The van der Waals surface area contributed by atoms with Gasteiger partial charge in [-0.3, -0.25) is 14.7 Å². The molecule has 0 radical (unpaired) electrons. The lowest BCUT2D eigenvalue weighted by atomic mass is 9.77. The molecule has 0 saturated carbocycles. The molecular formula is C22H29N5O2. The first-order chi connectivity index (χ1) is 14.0. The van der Waals surface area contributed by atoms with E-state index in [1.165, 1.54) is 0 Å². The quantitative estimate of drug-likeness (QED) is 0.850. The molecule has 2 atom stereocenters. The molecule has 1 aromatic carbocycles. The highest BCUT2D eigenvalue weighted by Gasteiger charge is 2.45. The summed E-state index contributed by atoms with van der Waals surface area (Å²) < 4.78 is 0. The molecule has 7 nitrogen and oxygen atoms in total. The van der Waals surface area contributed by atoms with Gasteiger partial charge in [0.15, 0.2) is 0 Å². The number of aliphatic hydroxyl groups excluding tert-OH is 1. The number of amides is 1. The fraction of sp³-hybridized carbons (Fsp3) is 0.500. The molecule has 1 amide bonds. The SMILES string of the molecule is CN(C)[C@]1(c2ccccc2)CCN(c2cncc(C(=O)N3CCCC3)n2)C[C@H]1O. The maximum Gasteiger partial charge on any atom is 0.274 e.